The molecule has 8 heteroatoms. The molecule has 0 saturated heterocycles. The Morgan fingerprint density at radius 2 is 1.90 bits per heavy atom. The molecule has 2 rings (SSSR count). The maximum Gasteiger partial charge on any atom is 0.339 e. The van der Waals surface area contributed by atoms with Gasteiger partial charge in [0.1, 0.15) is 6.54 Å². The standard InChI is InChI=1S/C21H25ClN2O5/c1-5-28-21(27)18-9-13(2)24(15(18)4)11-20(26)29-12-19(25)23-14(3)16-7-6-8-17(22)10-16/h6-10,14H,5,11-12H2,1-4H3,(H,23,25)/t14-/m1/s1. The summed E-state index contributed by atoms with van der Waals surface area (Å²) in [6.07, 6.45) is 0. The van der Waals surface area contributed by atoms with Crippen LogP contribution in [-0.2, 0) is 25.6 Å². The summed E-state index contributed by atoms with van der Waals surface area (Å²) in [6.45, 7) is 6.82. The molecular weight excluding hydrogens is 396 g/mol. The van der Waals surface area contributed by atoms with Crippen molar-refractivity contribution < 1.29 is 23.9 Å². The highest BCUT2D eigenvalue weighted by Crippen LogP contribution is 2.18. The van der Waals surface area contributed by atoms with Crippen LogP contribution in [-0.4, -0.2) is 35.6 Å². The second kappa shape index (κ2) is 10.1. The molecule has 156 valence electrons. The Kier molecular flexibility index (Phi) is 7.84. The summed E-state index contributed by atoms with van der Waals surface area (Å²) < 4.78 is 11.7. The Balaban J connectivity index is 1.90. The van der Waals surface area contributed by atoms with E-state index >= 15 is 0 Å². The molecule has 29 heavy (non-hydrogen) atoms. The zero-order valence-corrected chi connectivity index (χ0v) is 17.7. The minimum Gasteiger partial charge on any atom is -0.462 e. The second-order valence-corrected chi connectivity index (χ2v) is 7.03. The molecule has 0 spiro atoms. The van der Waals surface area contributed by atoms with Crippen molar-refractivity contribution >= 4 is 29.4 Å². The van der Waals surface area contributed by atoms with Gasteiger partial charge in [0.05, 0.1) is 18.2 Å². The molecule has 1 aromatic heterocycles. The topological polar surface area (TPSA) is 86.6 Å². The first-order valence-electron chi connectivity index (χ1n) is 9.27. The summed E-state index contributed by atoms with van der Waals surface area (Å²) in [5.41, 5.74) is 2.59. The van der Waals surface area contributed by atoms with Gasteiger partial charge in [0.2, 0.25) is 0 Å². The number of hydrogen-bond donors (Lipinski definition) is 1. The van der Waals surface area contributed by atoms with Crippen molar-refractivity contribution in [2.24, 2.45) is 0 Å². The van der Waals surface area contributed by atoms with Crippen molar-refractivity contribution in [2.45, 2.75) is 40.3 Å². The third-order valence-electron chi connectivity index (χ3n) is 4.45. The Bertz CT molecular complexity index is 906. The predicted molar refractivity (Wildman–Crippen MR) is 109 cm³/mol. The normalized spacial score (nSPS) is 11.6. The van der Waals surface area contributed by atoms with Gasteiger partial charge in [0.25, 0.3) is 5.91 Å². The average Bonchev–Trinajstić information content (AvgIpc) is 2.95. The van der Waals surface area contributed by atoms with Gasteiger partial charge in [-0.25, -0.2) is 4.79 Å². The molecule has 0 radical (unpaired) electrons. The first-order valence-corrected chi connectivity index (χ1v) is 9.65. The lowest BCUT2D eigenvalue weighted by Gasteiger charge is -2.15. The number of amides is 1. The van der Waals surface area contributed by atoms with Gasteiger partial charge in [-0.2, -0.15) is 0 Å². The molecule has 7 nitrogen and oxygen atoms in total. The number of hydrogen-bond acceptors (Lipinski definition) is 5. The first-order chi connectivity index (χ1) is 13.7. The second-order valence-electron chi connectivity index (χ2n) is 6.60. The van der Waals surface area contributed by atoms with Crippen molar-refractivity contribution in [3.63, 3.8) is 0 Å². The van der Waals surface area contributed by atoms with E-state index in [1.165, 1.54) is 0 Å². The third kappa shape index (κ3) is 6.09. The zero-order chi connectivity index (χ0) is 21.6. The molecule has 0 aliphatic heterocycles. The smallest absolute Gasteiger partial charge is 0.339 e. The Morgan fingerprint density at radius 1 is 1.17 bits per heavy atom. The summed E-state index contributed by atoms with van der Waals surface area (Å²) >= 11 is 5.96. The fourth-order valence-electron chi connectivity index (χ4n) is 2.92. The van der Waals surface area contributed by atoms with E-state index in [4.69, 9.17) is 21.1 Å². The monoisotopic (exact) mass is 420 g/mol. The van der Waals surface area contributed by atoms with Crippen LogP contribution in [0.2, 0.25) is 5.02 Å². The lowest BCUT2D eigenvalue weighted by atomic mass is 10.1. The summed E-state index contributed by atoms with van der Waals surface area (Å²) in [7, 11) is 0. The van der Waals surface area contributed by atoms with Crippen LogP contribution < -0.4 is 5.32 Å². The van der Waals surface area contributed by atoms with E-state index in [2.05, 4.69) is 5.32 Å². The predicted octanol–water partition coefficient (Wildman–Crippen LogP) is 3.36. The summed E-state index contributed by atoms with van der Waals surface area (Å²) in [5, 5.41) is 3.33. The molecule has 1 atom stereocenters. The van der Waals surface area contributed by atoms with Crippen molar-refractivity contribution in [3.05, 3.63) is 57.9 Å². The zero-order valence-electron chi connectivity index (χ0n) is 17.0. The maximum atomic E-state index is 12.2. The van der Waals surface area contributed by atoms with Gasteiger partial charge in [-0.15, -0.1) is 0 Å². The fraction of sp³-hybridized carbons (Fsp3) is 0.381. The molecule has 0 aliphatic carbocycles. The minimum atomic E-state index is -0.576. The summed E-state index contributed by atoms with van der Waals surface area (Å²) in [5.74, 6) is -1.43. The summed E-state index contributed by atoms with van der Waals surface area (Å²) in [6, 6.07) is 8.55. The van der Waals surface area contributed by atoms with E-state index in [0.29, 0.717) is 16.3 Å². The molecular formula is C21H25ClN2O5. The van der Waals surface area contributed by atoms with E-state index < -0.39 is 24.5 Å². The van der Waals surface area contributed by atoms with E-state index in [1.807, 2.05) is 13.0 Å². The lowest BCUT2D eigenvalue weighted by Crippen LogP contribution is -2.31. The van der Waals surface area contributed by atoms with Gasteiger partial charge >= 0.3 is 11.9 Å². The maximum absolute atomic E-state index is 12.2. The number of esters is 2. The van der Waals surface area contributed by atoms with Crippen LogP contribution in [0.4, 0.5) is 0 Å². The van der Waals surface area contributed by atoms with Gasteiger partial charge in [0, 0.05) is 16.4 Å². The van der Waals surface area contributed by atoms with E-state index in [9.17, 15) is 14.4 Å². The molecule has 0 bridgehead atoms. The number of aryl methyl sites for hydroxylation is 1. The van der Waals surface area contributed by atoms with Crippen molar-refractivity contribution in [1.29, 1.82) is 0 Å². The molecule has 0 saturated carbocycles. The number of carbonyl (C=O) groups is 3. The average molecular weight is 421 g/mol. The van der Waals surface area contributed by atoms with Crippen LogP contribution >= 0.6 is 11.6 Å². The number of rotatable bonds is 8. The number of nitrogens with zero attached hydrogens (tertiary/aromatic N) is 1. The largest absolute Gasteiger partial charge is 0.462 e. The minimum absolute atomic E-state index is 0.103. The molecule has 1 aromatic carbocycles. The quantitative estimate of drug-likeness (QED) is 0.662. The molecule has 1 amide bonds. The van der Waals surface area contributed by atoms with E-state index in [0.717, 1.165) is 11.3 Å². The molecule has 0 fully saturated rings. The number of carbonyl (C=O) groups excluding carboxylic acids is 3. The Labute approximate surface area is 174 Å². The molecule has 0 aliphatic rings. The van der Waals surface area contributed by atoms with Crippen LogP contribution in [0.3, 0.4) is 0 Å². The van der Waals surface area contributed by atoms with Crippen LogP contribution in [0.25, 0.3) is 0 Å². The van der Waals surface area contributed by atoms with Gasteiger partial charge in [0.15, 0.2) is 6.61 Å². The number of aromatic nitrogens is 1. The van der Waals surface area contributed by atoms with Gasteiger partial charge in [-0.05, 0) is 51.5 Å². The molecule has 1 N–H and O–H groups in total. The molecule has 1 heterocycles. The third-order valence-corrected chi connectivity index (χ3v) is 4.68. The number of nitrogens with one attached hydrogen (secondary N) is 1. The van der Waals surface area contributed by atoms with Crippen molar-refractivity contribution in [3.8, 4) is 0 Å². The number of halogens is 1. The van der Waals surface area contributed by atoms with Gasteiger partial charge < -0.3 is 19.4 Å². The van der Waals surface area contributed by atoms with Crippen LogP contribution in [0.15, 0.2) is 30.3 Å². The number of ether oxygens (including phenoxy) is 2. The molecule has 2 aromatic rings. The first kappa shape index (κ1) is 22.5. The Hall–Kier alpha value is -2.80. The van der Waals surface area contributed by atoms with Crippen molar-refractivity contribution in [2.75, 3.05) is 13.2 Å². The highest BCUT2D eigenvalue weighted by atomic mass is 35.5. The van der Waals surface area contributed by atoms with E-state index in [-0.39, 0.29) is 19.2 Å². The van der Waals surface area contributed by atoms with Crippen LogP contribution in [0.1, 0.15) is 47.2 Å². The van der Waals surface area contributed by atoms with Crippen molar-refractivity contribution in [1.82, 2.24) is 9.88 Å². The Morgan fingerprint density at radius 3 is 2.55 bits per heavy atom. The number of benzene rings is 1. The van der Waals surface area contributed by atoms with Gasteiger partial charge in [-0.1, -0.05) is 23.7 Å². The highest BCUT2D eigenvalue weighted by Gasteiger charge is 2.19. The SMILES string of the molecule is CCOC(=O)c1cc(C)n(CC(=O)OCC(=O)N[C@H](C)c2cccc(Cl)c2)c1C. The molecule has 0 unspecified atom stereocenters. The van der Waals surface area contributed by atoms with Crippen LogP contribution in [0, 0.1) is 13.8 Å². The van der Waals surface area contributed by atoms with E-state index in [1.54, 1.807) is 49.6 Å². The van der Waals surface area contributed by atoms with Crippen LogP contribution in [0.5, 0.6) is 0 Å². The van der Waals surface area contributed by atoms with Gasteiger partial charge in [-0.3, -0.25) is 9.59 Å². The lowest BCUT2D eigenvalue weighted by molar-refractivity contribution is -0.149. The fourth-order valence-corrected chi connectivity index (χ4v) is 3.12. The highest BCUT2D eigenvalue weighted by molar-refractivity contribution is 6.30. The summed E-state index contributed by atoms with van der Waals surface area (Å²) in [4.78, 5) is 36.2.